The summed E-state index contributed by atoms with van der Waals surface area (Å²) in [5.41, 5.74) is 0.740. The molecule has 2 amide bonds. The van der Waals surface area contributed by atoms with E-state index in [2.05, 4.69) is 5.32 Å². The van der Waals surface area contributed by atoms with Crippen molar-refractivity contribution in [2.24, 2.45) is 0 Å². The number of halogens is 3. The number of ether oxygens (including phenoxy) is 1. The maximum absolute atomic E-state index is 13.1. The molecule has 2 aromatic rings. The molecule has 0 aliphatic carbocycles. The summed E-state index contributed by atoms with van der Waals surface area (Å²) in [5.74, 6) is -0.613. The van der Waals surface area contributed by atoms with E-state index >= 15 is 0 Å². The first-order chi connectivity index (χ1) is 14.8. The fourth-order valence-electron chi connectivity index (χ4n) is 3.02. The molecule has 2 aromatic carbocycles. The van der Waals surface area contributed by atoms with E-state index in [0.717, 1.165) is 18.4 Å². The van der Waals surface area contributed by atoms with E-state index in [4.69, 9.17) is 27.9 Å². The monoisotopic (exact) mass is 468 g/mol. The van der Waals surface area contributed by atoms with Crippen LogP contribution in [0.5, 0.6) is 5.75 Å². The van der Waals surface area contributed by atoms with Crippen molar-refractivity contribution in [1.82, 2.24) is 10.2 Å². The Labute approximate surface area is 192 Å². The predicted molar refractivity (Wildman–Crippen MR) is 121 cm³/mol. The lowest BCUT2D eigenvalue weighted by molar-refractivity contribution is -0.143. The molecule has 0 radical (unpaired) electrons. The lowest BCUT2D eigenvalue weighted by atomic mass is 10.1. The molecule has 0 fully saturated rings. The van der Waals surface area contributed by atoms with Crippen LogP contribution in [0.25, 0.3) is 0 Å². The van der Waals surface area contributed by atoms with E-state index < -0.39 is 11.9 Å². The molecule has 0 spiro atoms. The van der Waals surface area contributed by atoms with E-state index in [9.17, 15) is 14.0 Å². The molecule has 0 heterocycles. The summed E-state index contributed by atoms with van der Waals surface area (Å²) in [5, 5.41) is 3.67. The van der Waals surface area contributed by atoms with Crippen molar-refractivity contribution in [2.75, 3.05) is 13.2 Å². The molecule has 1 unspecified atom stereocenters. The molecule has 1 atom stereocenters. The zero-order chi connectivity index (χ0) is 22.8. The standard InChI is InChI=1S/C23H27Cl2FN2O3/c1-3-5-12-27-23(30)21(4-2)28(14-16-6-11-19(24)20(25)13-16)22(29)15-31-18-9-7-17(26)8-10-18/h6-11,13,21H,3-5,12,14-15H2,1-2H3,(H,27,30). The van der Waals surface area contributed by atoms with Gasteiger partial charge in [0, 0.05) is 13.1 Å². The summed E-state index contributed by atoms with van der Waals surface area (Å²) in [6.45, 7) is 4.32. The van der Waals surface area contributed by atoms with Crippen molar-refractivity contribution in [3.05, 3.63) is 63.9 Å². The second-order valence-corrected chi connectivity index (χ2v) is 7.90. The highest BCUT2D eigenvalue weighted by atomic mass is 35.5. The first-order valence-electron chi connectivity index (χ1n) is 10.2. The number of amides is 2. The number of hydrogen-bond acceptors (Lipinski definition) is 3. The Hall–Kier alpha value is -2.31. The predicted octanol–water partition coefficient (Wildman–Crippen LogP) is 5.24. The van der Waals surface area contributed by atoms with Crippen LogP contribution < -0.4 is 10.1 Å². The lowest BCUT2D eigenvalue weighted by Crippen LogP contribution is -2.50. The number of carbonyl (C=O) groups excluding carboxylic acids is 2. The molecule has 0 aromatic heterocycles. The third-order valence-electron chi connectivity index (χ3n) is 4.73. The Kier molecular flexibility index (Phi) is 10.1. The summed E-state index contributed by atoms with van der Waals surface area (Å²) < 4.78 is 18.6. The summed E-state index contributed by atoms with van der Waals surface area (Å²) in [7, 11) is 0. The average Bonchev–Trinajstić information content (AvgIpc) is 2.75. The van der Waals surface area contributed by atoms with E-state index in [1.807, 2.05) is 13.8 Å². The SMILES string of the molecule is CCCCNC(=O)C(CC)N(Cc1ccc(Cl)c(Cl)c1)C(=O)COc1ccc(F)cc1. The number of nitrogens with zero attached hydrogens (tertiary/aromatic N) is 1. The zero-order valence-electron chi connectivity index (χ0n) is 17.7. The minimum Gasteiger partial charge on any atom is -0.484 e. The van der Waals surface area contributed by atoms with E-state index in [-0.39, 0.29) is 25.0 Å². The molecule has 0 aliphatic rings. The van der Waals surface area contributed by atoms with Gasteiger partial charge in [0.25, 0.3) is 5.91 Å². The first kappa shape index (κ1) is 25.0. The normalized spacial score (nSPS) is 11.6. The van der Waals surface area contributed by atoms with Gasteiger partial charge >= 0.3 is 0 Å². The second kappa shape index (κ2) is 12.5. The van der Waals surface area contributed by atoms with Gasteiger partial charge in [-0.1, -0.05) is 49.5 Å². The van der Waals surface area contributed by atoms with E-state index in [1.165, 1.54) is 29.2 Å². The molecule has 2 rings (SSSR count). The minimum absolute atomic E-state index is 0.169. The smallest absolute Gasteiger partial charge is 0.261 e. The van der Waals surface area contributed by atoms with Crippen molar-refractivity contribution in [1.29, 1.82) is 0 Å². The largest absolute Gasteiger partial charge is 0.484 e. The molecule has 31 heavy (non-hydrogen) atoms. The van der Waals surface area contributed by atoms with Crippen molar-refractivity contribution < 1.29 is 18.7 Å². The van der Waals surface area contributed by atoms with Gasteiger partial charge in [-0.15, -0.1) is 0 Å². The lowest BCUT2D eigenvalue weighted by Gasteiger charge is -2.30. The van der Waals surface area contributed by atoms with Gasteiger partial charge in [-0.3, -0.25) is 9.59 Å². The summed E-state index contributed by atoms with van der Waals surface area (Å²) in [6.07, 6.45) is 2.24. The minimum atomic E-state index is -0.671. The topological polar surface area (TPSA) is 58.6 Å². The molecule has 0 bridgehead atoms. The van der Waals surface area contributed by atoms with E-state index in [0.29, 0.717) is 28.8 Å². The number of hydrogen-bond donors (Lipinski definition) is 1. The fourth-order valence-corrected chi connectivity index (χ4v) is 3.34. The third-order valence-corrected chi connectivity index (χ3v) is 5.47. The van der Waals surface area contributed by atoms with Crippen LogP contribution in [0.15, 0.2) is 42.5 Å². The highest BCUT2D eigenvalue weighted by Gasteiger charge is 2.29. The Morgan fingerprint density at radius 2 is 1.81 bits per heavy atom. The summed E-state index contributed by atoms with van der Waals surface area (Å²) in [6, 6.07) is 9.81. The zero-order valence-corrected chi connectivity index (χ0v) is 19.2. The molecular weight excluding hydrogens is 442 g/mol. The fraction of sp³-hybridized carbons (Fsp3) is 0.391. The van der Waals surface area contributed by atoms with Gasteiger partial charge in [-0.25, -0.2) is 4.39 Å². The van der Waals surface area contributed by atoms with Crippen LogP contribution in [0.3, 0.4) is 0 Å². The Morgan fingerprint density at radius 3 is 2.42 bits per heavy atom. The van der Waals surface area contributed by atoms with Gasteiger partial charge in [0.2, 0.25) is 5.91 Å². The molecule has 0 saturated carbocycles. The Bertz CT molecular complexity index is 878. The van der Waals surface area contributed by atoms with Gasteiger partial charge in [-0.2, -0.15) is 0 Å². The van der Waals surface area contributed by atoms with Crippen LogP contribution in [0.1, 0.15) is 38.7 Å². The van der Waals surface area contributed by atoms with Crippen molar-refractivity contribution in [3.8, 4) is 5.75 Å². The van der Waals surface area contributed by atoms with Crippen molar-refractivity contribution >= 4 is 35.0 Å². The molecule has 8 heteroatoms. The number of carbonyl (C=O) groups is 2. The number of rotatable bonds is 11. The Morgan fingerprint density at radius 1 is 1.10 bits per heavy atom. The number of unbranched alkanes of at least 4 members (excludes halogenated alkanes) is 1. The van der Waals surface area contributed by atoms with Crippen LogP contribution in [0.4, 0.5) is 4.39 Å². The van der Waals surface area contributed by atoms with Gasteiger partial charge in [0.1, 0.15) is 17.6 Å². The number of benzene rings is 2. The number of nitrogens with one attached hydrogen (secondary N) is 1. The quantitative estimate of drug-likeness (QED) is 0.459. The molecule has 1 N–H and O–H groups in total. The summed E-state index contributed by atoms with van der Waals surface area (Å²) >= 11 is 12.1. The van der Waals surface area contributed by atoms with Crippen LogP contribution in [0, 0.1) is 5.82 Å². The molecule has 0 saturated heterocycles. The molecular formula is C23H27Cl2FN2O3. The average molecular weight is 469 g/mol. The van der Waals surface area contributed by atoms with Gasteiger partial charge in [0.15, 0.2) is 6.61 Å². The van der Waals surface area contributed by atoms with Crippen LogP contribution >= 0.6 is 23.2 Å². The van der Waals surface area contributed by atoms with E-state index in [1.54, 1.807) is 18.2 Å². The van der Waals surface area contributed by atoms with Gasteiger partial charge < -0.3 is 15.0 Å². The second-order valence-electron chi connectivity index (χ2n) is 7.08. The third kappa shape index (κ3) is 7.71. The van der Waals surface area contributed by atoms with Crippen LogP contribution in [-0.2, 0) is 16.1 Å². The van der Waals surface area contributed by atoms with Crippen molar-refractivity contribution in [2.45, 2.75) is 45.7 Å². The molecule has 0 aliphatic heterocycles. The Balaban J connectivity index is 2.19. The maximum atomic E-state index is 13.1. The van der Waals surface area contributed by atoms with Gasteiger partial charge in [-0.05, 0) is 54.8 Å². The maximum Gasteiger partial charge on any atom is 0.261 e. The first-order valence-corrected chi connectivity index (χ1v) is 11.0. The molecule has 168 valence electrons. The summed E-state index contributed by atoms with van der Waals surface area (Å²) in [4.78, 5) is 27.3. The highest BCUT2D eigenvalue weighted by Crippen LogP contribution is 2.24. The van der Waals surface area contributed by atoms with Crippen molar-refractivity contribution in [3.63, 3.8) is 0 Å². The van der Waals surface area contributed by atoms with Crippen LogP contribution in [0.2, 0.25) is 10.0 Å². The molecule has 5 nitrogen and oxygen atoms in total. The van der Waals surface area contributed by atoms with Gasteiger partial charge in [0.05, 0.1) is 10.0 Å². The highest BCUT2D eigenvalue weighted by molar-refractivity contribution is 6.42. The van der Waals surface area contributed by atoms with Crippen LogP contribution in [-0.4, -0.2) is 35.9 Å².